The second-order valence-electron chi connectivity index (χ2n) is 10.3. The van der Waals surface area contributed by atoms with E-state index >= 15 is 0 Å². The van der Waals surface area contributed by atoms with Gasteiger partial charge in [0.1, 0.15) is 31.0 Å². The minimum absolute atomic E-state index is 0.0359. The normalized spacial score (nSPS) is 19.0. The van der Waals surface area contributed by atoms with Crippen LogP contribution in [0.3, 0.4) is 0 Å². The molecule has 4 atom stereocenters. The number of carbonyl (C=O) groups is 2. The van der Waals surface area contributed by atoms with Crippen LogP contribution in [0.15, 0.2) is 0 Å². The fraction of sp³-hybridized carbons (Fsp3) is 0.923. The number of cyclic esters (lactones) is 1. The molecule has 3 aliphatic rings. The van der Waals surface area contributed by atoms with Gasteiger partial charge < -0.3 is 54.0 Å². The number of carbonyl (C=O) groups excluding carboxylic acids is 2. The molecule has 0 saturated carbocycles. The van der Waals surface area contributed by atoms with Crippen molar-refractivity contribution in [2.24, 2.45) is 0 Å². The van der Waals surface area contributed by atoms with Crippen LogP contribution >= 0.6 is 0 Å². The van der Waals surface area contributed by atoms with Crippen molar-refractivity contribution in [1.82, 2.24) is 0 Å². The number of ether oxygens (including phenoxy) is 6. The van der Waals surface area contributed by atoms with Crippen molar-refractivity contribution in [1.29, 1.82) is 0 Å². The Labute approximate surface area is 318 Å². The van der Waals surface area contributed by atoms with Crippen molar-refractivity contribution in [3.63, 3.8) is 0 Å². The van der Waals surface area contributed by atoms with E-state index < -0.39 is 71.4 Å². The van der Waals surface area contributed by atoms with E-state index in [2.05, 4.69) is 14.5 Å². The quantitative estimate of drug-likeness (QED) is 0.0264. The minimum Gasteiger partial charge on any atom is -0.394 e. The molecule has 3 saturated heterocycles. The summed E-state index contributed by atoms with van der Waals surface area (Å²) in [6, 6.07) is 0. The maximum absolute atomic E-state index is 11.6. The zero-order chi connectivity index (χ0) is 41.8. The standard InChI is InChI=1S/C14H26O8.C5H8O2.C3H6O2.C2H6O.2CHF3O3S.Sn/c15-4-2-1-3-14(18)22-7-11(17)6-20-12(5-16)8-19-9-13-10-21-13;6-5-3-1-2-4-7-5;4-1-3-2-5-3;1-2-3;2*2-1(3,4)8(5,6)7;/h11-13,15-17H,1-10H2;1-4H2;3-4H,1-2H2;3H,2H2,1H3;2*(H,5,6,7);/q;;;;;;+2/p-2. The first-order valence-electron chi connectivity index (χ1n) is 15.7. The Balaban J connectivity index is 0. The van der Waals surface area contributed by atoms with Crippen LogP contribution in [0.5, 0.6) is 0 Å². The van der Waals surface area contributed by atoms with Crippen molar-refractivity contribution in [2.75, 3.05) is 72.7 Å². The van der Waals surface area contributed by atoms with Crippen molar-refractivity contribution in [3.05, 3.63) is 0 Å². The molecular weight excluding hydrogens is 913 g/mol. The average molecular weight is 959 g/mol. The molecule has 4 unspecified atom stereocenters. The molecule has 3 aliphatic heterocycles. The van der Waals surface area contributed by atoms with Crippen molar-refractivity contribution < 1.29 is 112 Å². The second-order valence-corrected chi connectivity index (χ2v) is 16.7. The molecule has 28 heteroatoms. The van der Waals surface area contributed by atoms with Crippen LogP contribution in [0, 0.1) is 0 Å². The molecule has 322 valence electrons. The summed E-state index contributed by atoms with van der Waals surface area (Å²) in [5.74, 6) is -0.453. The molecule has 54 heavy (non-hydrogen) atoms. The topological polar surface area (TPSA) is 284 Å². The van der Waals surface area contributed by atoms with Crippen LogP contribution in [-0.4, -0.2) is 184 Å². The summed E-state index contributed by atoms with van der Waals surface area (Å²) in [5, 5.41) is 43.0. The predicted molar refractivity (Wildman–Crippen MR) is 168 cm³/mol. The SMILES string of the molecule is CCO.O=C(CCCCO)OCC(O)COC(CO)COCC1CO1.O=C1CCCCO1.O=S(=O)([O][Sn][O]S(=O)(=O)C(F)(F)F)C(F)(F)F.OCC1CO1. The summed E-state index contributed by atoms with van der Waals surface area (Å²) < 4.78 is 146. The molecule has 2 radical (unpaired) electrons. The number of aliphatic hydroxyl groups is 5. The van der Waals surface area contributed by atoms with Crippen molar-refractivity contribution >= 4 is 54.1 Å². The second kappa shape index (κ2) is 29.9. The maximum atomic E-state index is 11.6. The number of esters is 2. The molecule has 19 nitrogen and oxygen atoms in total. The monoisotopic (exact) mass is 960 g/mol. The molecule has 0 aromatic heterocycles. The Morgan fingerprint density at radius 3 is 1.78 bits per heavy atom. The number of unbranched alkanes of at least 4 members (excludes halogenated alkanes) is 1. The number of epoxide rings is 2. The van der Waals surface area contributed by atoms with Crippen molar-refractivity contribution in [2.45, 2.75) is 80.9 Å². The summed E-state index contributed by atoms with van der Waals surface area (Å²) in [6.07, 6.45) is 2.85. The largest absolute Gasteiger partial charge is 0.394 e. The van der Waals surface area contributed by atoms with Crippen LogP contribution in [0.1, 0.15) is 45.4 Å². The van der Waals surface area contributed by atoms with Crippen LogP contribution < -0.4 is 0 Å². The number of rotatable bonds is 19. The van der Waals surface area contributed by atoms with Crippen LogP contribution in [0.2, 0.25) is 0 Å². The van der Waals surface area contributed by atoms with Crippen molar-refractivity contribution in [3.8, 4) is 0 Å². The van der Waals surface area contributed by atoms with Crippen LogP contribution in [0.4, 0.5) is 26.3 Å². The third kappa shape index (κ3) is 30.9. The summed E-state index contributed by atoms with van der Waals surface area (Å²) in [5.41, 5.74) is -11.7. The predicted octanol–water partition coefficient (Wildman–Crippen LogP) is -0.811. The number of halogens is 6. The first kappa shape index (κ1) is 54.9. The van der Waals surface area contributed by atoms with E-state index in [4.69, 9.17) is 39.4 Å². The van der Waals surface area contributed by atoms with Gasteiger partial charge in [-0.3, -0.25) is 9.59 Å². The van der Waals surface area contributed by atoms with E-state index in [9.17, 15) is 57.9 Å². The Morgan fingerprint density at radius 1 is 0.889 bits per heavy atom. The molecule has 0 aromatic carbocycles. The van der Waals surface area contributed by atoms with E-state index in [1.165, 1.54) is 0 Å². The third-order valence-corrected chi connectivity index (χ3v) is 12.1. The molecular formula is C26H46F6O19S2Sn. The van der Waals surface area contributed by atoms with Gasteiger partial charge in [-0.2, -0.15) is 0 Å². The molecule has 0 amide bonds. The molecule has 3 heterocycles. The van der Waals surface area contributed by atoms with E-state index in [0.717, 1.165) is 19.4 Å². The number of alkyl halides is 6. The Kier molecular flexibility index (Phi) is 30.4. The van der Waals surface area contributed by atoms with Gasteiger partial charge in [0.2, 0.25) is 0 Å². The number of hydrogen-bond acceptors (Lipinski definition) is 19. The Hall–Kier alpha value is -1.22. The average Bonchev–Trinajstić information content (AvgIpc) is 4.02. The molecule has 0 bridgehead atoms. The fourth-order valence-electron chi connectivity index (χ4n) is 2.59. The van der Waals surface area contributed by atoms with Gasteiger partial charge in [0.25, 0.3) is 0 Å². The Bertz CT molecular complexity index is 1150. The molecule has 0 spiro atoms. The molecule has 0 aliphatic carbocycles. The van der Waals surface area contributed by atoms with E-state index in [0.29, 0.717) is 39.1 Å². The van der Waals surface area contributed by atoms with Gasteiger partial charge in [-0.05, 0) is 32.6 Å². The van der Waals surface area contributed by atoms with Crippen LogP contribution in [0.25, 0.3) is 0 Å². The zero-order valence-electron chi connectivity index (χ0n) is 28.9. The Morgan fingerprint density at radius 2 is 1.43 bits per heavy atom. The van der Waals surface area contributed by atoms with Gasteiger partial charge in [0, 0.05) is 26.1 Å². The molecule has 5 N–H and O–H groups in total. The first-order chi connectivity index (χ1) is 25.1. The minimum atomic E-state index is -6.15. The summed E-state index contributed by atoms with van der Waals surface area (Å²) in [4.78, 5) is 21.5. The molecule has 3 fully saturated rings. The van der Waals surface area contributed by atoms with E-state index in [1.54, 1.807) is 6.92 Å². The van der Waals surface area contributed by atoms with Gasteiger partial charge in [-0.1, -0.05) is 0 Å². The fourth-order valence-corrected chi connectivity index (χ4v) is 6.93. The van der Waals surface area contributed by atoms with Gasteiger partial charge in [0.15, 0.2) is 0 Å². The maximum Gasteiger partial charge on any atom is 0.104 e. The third-order valence-electron chi connectivity index (χ3n) is 5.46. The zero-order valence-corrected chi connectivity index (χ0v) is 33.4. The number of hydrogen-bond donors (Lipinski definition) is 5. The van der Waals surface area contributed by atoms with Gasteiger partial charge in [-0.15, -0.1) is 0 Å². The summed E-state index contributed by atoms with van der Waals surface area (Å²) in [6.45, 7) is 4.51. The number of aliphatic hydroxyl groups excluding tert-OH is 5. The first-order valence-corrected chi connectivity index (χ1v) is 20.8. The van der Waals surface area contributed by atoms with E-state index in [1.807, 2.05) is 0 Å². The summed E-state index contributed by atoms with van der Waals surface area (Å²) in [7, 11) is -12.3. The van der Waals surface area contributed by atoms with Gasteiger partial charge in [0.05, 0.1) is 52.9 Å². The smallest absolute Gasteiger partial charge is 0.104 e. The van der Waals surface area contributed by atoms with Gasteiger partial charge >= 0.3 is 113 Å². The van der Waals surface area contributed by atoms with Crippen LogP contribution in [-0.2, 0) is 63.3 Å². The van der Waals surface area contributed by atoms with E-state index in [-0.39, 0.29) is 70.8 Å². The molecule has 3 rings (SSSR count). The summed E-state index contributed by atoms with van der Waals surface area (Å²) >= 11 is -3.86. The van der Waals surface area contributed by atoms with Gasteiger partial charge in [-0.25, -0.2) is 0 Å². The molecule has 0 aromatic rings.